The monoisotopic (exact) mass is 344 g/mol. The zero-order valence-corrected chi connectivity index (χ0v) is 14.6. The van der Waals surface area contributed by atoms with Crippen LogP contribution in [0.15, 0.2) is 22.9 Å². The summed E-state index contributed by atoms with van der Waals surface area (Å²) in [6.07, 6.45) is 7.33. The van der Waals surface area contributed by atoms with E-state index in [4.69, 9.17) is 14.0 Å². The van der Waals surface area contributed by atoms with Crippen LogP contribution in [0.2, 0.25) is 0 Å². The van der Waals surface area contributed by atoms with E-state index in [9.17, 15) is 0 Å². The average Bonchev–Trinajstić information content (AvgIpc) is 3.20. The lowest BCUT2D eigenvalue weighted by atomic mass is 9.96. The minimum absolute atomic E-state index is 0.442. The normalized spacial score (nSPS) is 24.4. The molecule has 0 bridgehead atoms. The Morgan fingerprint density at radius 1 is 1.16 bits per heavy atom. The molecule has 0 saturated carbocycles. The largest absolute Gasteiger partial charge is 0.378 e. The first kappa shape index (κ1) is 16.5. The SMILES string of the molecule is COC1(c2nc(-c3ccc(N4CCCCC4)nc3)no2)CCCOC1. The fourth-order valence-corrected chi connectivity index (χ4v) is 3.54. The highest BCUT2D eigenvalue weighted by Gasteiger charge is 2.40. The second kappa shape index (κ2) is 7.09. The van der Waals surface area contributed by atoms with Gasteiger partial charge >= 0.3 is 0 Å². The van der Waals surface area contributed by atoms with Gasteiger partial charge in [0.2, 0.25) is 5.82 Å². The zero-order valence-electron chi connectivity index (χ0n) is 14.6. The molecule has 4 heterocycles. The van der Waals surface area contributed by atoms with E-state index in [1.54, 1.807) is 7.11 Å². The van der Waals surface area contributed by atoms with Crippen LogP contribution in [0.1, 0.15) is 38.0 Å². The summed E-state index contributed by atoms with van der Waals surface area (Å²) in [5.41, 5.74) is 0.212. The third-order valence-electron chi connectivity index (χ3n) is 5.10. The number of hydrogen-bond acceptors (Lipinski definition) is 7. The summed E-state index contributed by atoms with van der Waals surface area (Å²) < 4.78 is 16.7. The molecule has 2 saturated heterocycles. The van der Waals surface area contributed by atoms with E-state index in [0.29, 0.717) is 18.3 Å². The Morgan fingerprint density at radius 3 is 2.72 bits per heavy atom. The van der Waals surface area contributed by atoms with Crippen LogP contribution in [0, 0.1) is 0 Å². The topological polar surface area (TPSA) is 73.5 Å². The van der Waals surface area contributed by atoms with Gasteiger partial charge in [-0.15, -0.1) is 0 Å². The molecule has 0 aliphatic carbocycles. The number of piperidine rings is 1. The fourth-order valence-electron chi connectivity index (χ4n) is 3.54. The molecule has 2 aromatic rings. The number of ether oxygens (including phenoxy) is 2. The number of rotatable bonds is 4. The fraction of sp³-hybridized carbons (Fsp3) is 0.611. The highest BCUT2D eigenvalue weighted by Crippen LogP contribution is 2.33. The zero-order chi connectivity index (χ0) is 17.1. The number of hydrogen-bond donors (Lipinski definition) is 0. The highest BCUT2D eigenvalue weighted by atomic mass is 16.6. The Balaban J connectivity index is 1.53. The standard InChI is InChI=1S/C18H24N4O3/c1-23-18(8-5-11-24-13-18)17-20-16(21-25-17)14-6-7-15(19-12-14)22-9-3-2-4-10-22/h6-7,12H,2-5,8-11,13H2,1H3. The van der Waals surface area contributed by atoms with Crippen molar-refractivity contribution in [2.45, 2.75) is 37.7 Å². The Hall–Kier alpha value is -1.99. The smallest absolute Gasteiger partial charge is 0.261 e. The van der Waals surface area contributed by atoms with E-state index in [-0.39, 0.29) is 0 Å². The number of pyridine rings is 1. The molecular formula is C18H24N4O3. The molecule has 2 aliphatic heterocycles. The van der Waals surface area contributed by atoms with Crippen molar-refractivity contribution < 1.29 is 14.0 Å². The maximum atomic E-state index is 5.67. The molecular weight excluding hydrogens is 320 g/mol. The van der Waals surface area contributed by atoms with Gasteiger partial charge in [0.15, 0.2) is 5.60 Å². The summed E-state index contributed by atoms with van der Waals surface area (Å²) in [6, 6.07) is 4.04. The van der Waals surface area contributed by atoms with Crippen molar-refractivity contribution in [2.24, 2.45) is 0 Å². The molecule has 0 radical (unpaired) electrons. The third kappa shape index (κ3) is 3.26. The van der Waals surface area contributed by atoms with E-state index in [1.165, 1.54) is 19.3 Å². The first-order chi connectivity index (χ1) is 12.3. The van der Waals surface area contributed by atoms with Crippen molar-refractivity contribution in [1.82, 2.24) is 15.1 Å². The molecule has 0 N–H and O–H groups in total. The van der Waals surface area contributed by atoms with E-state index in [2.05, 4.69) is 20.0 Å². The molecule has 25 heavy (non-hydrogen) atoms. The molecule has 0 spiro atoms. The quantitative estimate of drug-likeness (QED) is 0.844. The lowest BCUT2D eigenvalue weighted by Gasteiger charge is -2.31. The molecule has 2 fully saturated rings. The van der Waals surface area contributed by atoms with Crippen LogP contribution >= 0.6 is 0 Å². The van der Waals surface area contributed by atoms with Crippen LogP contribution < -0.4 is 4.90 Å². The van der Waals surface area contributed by atoms with Crippen LogP contribution in [0.25, 0.3) is 11.4 Å². The average molecular weight is 344 g/mol. The van der Waals surface area contributed by atoms with Gasteiger partial charge < -0.3 is 18.9 Å². The molecule has 7 heteroatoms. The summed E-state index contributed by atoms with van der Waals surface area (Å²) in [5, 5.41) is 4.12. The van der Waals surface area contributed by atoms with Gasteiger partial charge in [-0.25, -0.2) is 4.98 Å². The van der Waals surface area contributed by atoms with Gasteiger partial charge in [-0.3, -0.25) is 0 Å². The lowest BCUT2D eigenvalue weighted by molar-refractivity contribution is -0.130. The summed E-state index contributed by atoms with van der Waals surface area (Å²) in [6.45, 7) is 3.34. The predicted octanol–water partition coefficient (Wildman–Crippen LogP) is 2.77. The molecule has 0 aromatic carbocycles. The minimum Gasteiger partial charge on any atom is -0.378 e. The van der Waals surface area contributed by atoms with Crippen LogP contribution in [-0.4, -0.2) is 48.5 Å². The summed E-state index contributed by atoms with van der Waals surface area (Å²) in [5.74, 6) is 2.03. The third-order valence-corrected chi connectivity index (χ3v) is 5.10. The molecule has 1 unspecified atom stereocenters. The van der Waals surface area contributed by atoms with Gasteiger partial charge in [0.05, 0.1) is 6.61 Å². The van der Waals surface area contributed by atoms with Crippen molar-refractivity contribution >= 4 is 5.82 Å². The Kier molecular flexibility index (Phi) is 4.67. The second-order valence-electron chi connectivity index (χ2n) is 6.73. The van der Waals surface area contributed by atoms with Crippen molar-refractivity contribution in [3.8, 4) is 11.4 Å². The Bertz CT molecular complexity index is 689. The van der Waals surface area contributed by atoms with E-state index in [1.807, 2.05) is 18.3 Å². The molecule has 1 atom stereocenters. The van der Waals surface area contributed by atoms with Crippen LogP contribution in [-0.2, 0) is 15.1 Å². The van der Waals surface area contributed by atoms with Crippen LogP contribution in [0.5, 0.6) is 0 Å². The van der Waals surface area contributed by atoms with Crippen molar-refractivity contribution in [1.29, 1.82) is 0 Å². The van der Waals surface area contributed by atoms with Crippen molar-refractivity contribution in [3.63, 3.8) is 0 Å². The number of nitrogens with zero attached hydrogens (tertiary/aromatic N) is 4. The second-order valence-corrected chi connectivity index (χ2v) is 6.73. The number of aromatic nitrogens is 3. The first-order valence-corrected chi connectivity index (χ1v) is 8.99. The number of methoxy groups -OCH3 is 1. The first-order valence-electron chi connectivity index (χ1n) is 8.99. The van der Waals surface area contributed by atoms with Gasteiger partial charge in [-0.1, -0.05) is 5.16 Å². The molecule has 7 nitrogen and oxygen atoms in total. The van der Waals surface area contributed by atoms with Gasteiger partial charge in [-0.05, 0) is 44.2 Å². The Morgan fingerprint density at radius 2 is 2.04 bits per heavy atom. The summed E-state index contributed by atoms with van der Waals surface area (Å²) in [4.78, 5) is 11.5. The van der Waals surface area contributed by atoms with Crippen molar-refractivity contribution in [2.75, 3.05) is 38.3 Å². The molecule has 2 aromatic heterocycles. The van der Waals surface area contributed by atoms with Crippen LogP contribution in [0.4, 0.5) is 5.82 Å². The maximum Gasteiger partial charge on any atom is 0.261 e. The molecule has 134 valence electrons. The van der Waals surface area contributed by atoms with Gasteiger partial charge in [0.1, 0.15) is 5.82 Å². The lowest BCUT2D eigenvalue weighted by Crippen LogP contribution is -2.38. The Labute approximate surface area is 147 Å². The summed E-state index contributed by atoms with van der Waals surface area (Å²) >= 11 is 0. The molecule has 0 amide bonds. The van der Waals surface area contributed by atoms with Gasteiger partial charge in [-0.2, -0.15) is 4.98 Å². The van der Waals surface area contributed by atoms with E-state index >= 15 is 0 Å². The minimum atomic E-state index is -0.634. The predicted molar refractivity (Wildman–Crippen MR) is 92.3 cm³/mol. The number of anilines is 1. The molecule has 4 rings (SSSR count). The molecule has 2 aliphatic rings. The van der Waals surface area contributed by atoms with Crippen LogP contribution in [0.3, 0.4) is 0 Å². The van der Waals surface area contributed by atoms with E-state index in [0.717, 1.165) is 43.9 Å². The maximum absolute atomic E-state index is 5.67. The van der Waals surface area contributed by atoms with Gasteiger partial charge in [0.25, 0.3) is 5.89 Å². The van der Waals surface area contributed by atoms with Crippen molar-refractivity contribution in [3.05, 3.63) is 24.2 Å². The van der Waals surface area contributed by atoms with Gasteiger partial charge in [0, 0.05) is 38.6 Å². The van der Waals surface area contributed by atoms with E-state index < -0.39 is 5.60 Å². The highest BCUT2D eigenvalue weighted by molar-refractivity contribution is 5.56. The summed E-state index contributed by atoms with van der Waals surface area (Å²) in [7, 11) is 1.66.